The number of likely N-dealkylation sites (tertiary alicyclic amines) is 1. The minimum Gasteiger partial charge on any atom is -0.355 e. The summed E-state index contributed by atoms with van der Waals surface area (Å²) in [5, 5.41) is 2.96. The Kier molecular flexibility index (Phi) is 7.42. The zero-order chi connectivity index (χ0) is 20.0. The van der Waals surface area contributed by atoms with Gasteiger partial charge in [0.1, 0.15) is 10.7 Å². The number of halogens is 1. The molecular weight excluding hydrogens is 381 g/mol. The average Bonchev–Trinajstić information content (AvgIpc) is 3.20. The Labute approximate surface area is 167 Å². The van der Waals surface area contributed by atoms with Gasteiger partial charge in [-0.25, -0.2) is 12.8 Å². The van der Waals surface area contributed by atoms with Crippen LogP contribution in [0.5, 0.6) is 0 Å². The summed E-state index contributed by atoms with van der Waals surface area (Å²) in [7, 11) is -3.84. The van der Waals surface area contributed by atoms with Crippen LogP contribution in [0.15, 0.2) is 29.2 Å². The van der Waals surface area contributed by atoms with Gasteiger partial charge in [-0.1, -0.05) is 12.1 Å². The van der Waals surface area contributed by atoms with Crippen LogP contribution in [-0.2, 0) is 14.8 Å². The van der Waals surface area contributed by atoms with E-state index in [0.717, 1.165) is 32.5 Å². The van der Waals surface area contributed by atoms with Crippen LogP contribution < -0.4 is 5.32 Å². The van der Waals surface area contributed by atoms with Crippen LogP contribution in [0.4, 0.5) is 4.39 Å². The van der Waals surface area contributed by atoms with E-state index in [0.29, 0.717) is 32.5 Å². The van der Waals surface area contributed by atoms with E-state index in [2.05, 4.69) is 10.2 Å². The number of sulfonamides is 1. The summed E-state index contributed by atoms with van der Waals surface area (Å²) in [5.74, 6) is -0.574. The van der Waals surface area contributed by atoms with Gasteiger partial charge in [0.25, 0.3) is 0 Å². The maximum absolute atomic E-state index is 14.0. The summed E-state index contributed by atoms with van der Waals surface area (Å²) in [6.07, 6.45) is 5.15. The lowest BCUT2D eigenvalue weighted by Crippen LogP contribution is -2.40. The third kappa shape index (κ3) is 5.52. The third-order valence-electron chi connectivity index (χ3n) is 5.66. The maximum Gasteiger partial charge on any atom is 0.245 e. The maximum atomic E-state index is 14.0. The second kappa shape index (κ2) is 9.80. The number of benzene rings is 1. The zero-order valence-corrected chi connectivity index (χ0v) is 17.1. The number of amides is 1. The Morgan fingerprint density at radius 1 is 1.14 bits per heavy atom. The van der Waals surface area contributed by atoms with E-state index in [1.807, 2.05) is 0 Å². The predicted molar refractivity (Wildman–Crippen MR) is 106 cm³/mol. The van der Waals surface area contributed by atoms with Crippen molar-refractivity contribution in [2.45, 2.75) is 43.4 Å². The fourth-order valence-electron chi connectivity index (χ4n) is 4.06. The SMILES string of the molecule is O=C(CCC1CCCN(S(=O)(=O)c2ccccc2F)C1)NCCN1CCCC1. The lowest BCUT2D eigenvalue weighted by Gasteiger charge is -2.32. The first-order chi connectivity index (χ1) is 13.5. The first-order valence-corrected chi connectivity index (χ1v) is 11.6. The van der Waals surface area contributed by atoms with E-state index in [9.17, 15) is 17.6 Å². The summed E-state index contributed by atoms with van der Waals surface area (Å²) in [6, 6.07) is 5.49. The van der Waals surface area contributed by atoms with Crippen molar-refractivity contribution in [2.24, 2.45) is 5.92 Å². The molecule has 2 aliphatic heterocycles. The number of rotatable bonds is 8. The van der Waals surface area contributed by atoms with Crippen LogP contribution in [0.2, 0.25) is 0 Å². The van der Waals surface area contributed by atoms with E-state index < -0.39 is 15.8 Å². The van der Waals surface area contributed by atoms with Crippen molar-refractivity contribution in [3.63, 3.8) is 0 Å². The minimum absolute atomic E-state index is 0.0216. The van der Waals surface area contributed by atoms with Crippen LogP contribution in [0.25, 0.3) is 0 Å². The third-order valence-corrected chi connectivity index (χ3v) is 7.56. The number of piperidine rings is 1. The predicted octanol–water partition coefficient (Wildman–Crippen LogP) is 2.22. The van der Waals surface area contributed by atoms with Gasteiger partial charge in [0, 0.05) is 32.6 Å². The molecule has 0 saturated carbocycles. The molecule has 0 radical (unpaired) electrons. The Balaban J connectivity index is 1.45. The van der Waals surface area contributed by atoms with Gasteiger partial charge in [-0.05, 0) is 63.2 Å². The summed E-state index contributed by atoms with van der Waals surface area (Å²) in [5.41, 5.74) is 0. The topological polar surface area (TPSA) is 69.7 Å². The fourth-order valence-corrected chi connectivity index (χ4v) is 5.68. The van der Waals surface area contributed by atoms with Crippen molar-refractivity contribution in [2.75, 3.05) is 39.3 Å². The van der Waals surface area contributed by atoms with Crippen LogP contribution in [0, 0.1) is 11.7 Å². The molecule has 1 aromatic rings. The number of nitrogens with one attached hydrogen (secondary N) is 1. The number of carbonyl (C=O) groups is 1. The average molecular weight is 412 g/mol. The van der Waals surface area contributed by atoms with Crippen molar-refractivity contribution in [1.82, 2.24) is 14.5 Å². The minimum atomic E-state index is -3.84. The van der Waals surface area contributed by atoms with Gasteiger partial charge in [-0.2, -0.15) is 4.31 Å². The highest BCUT2D eigenvalue weighted by atomic mass is 32.2. The summed E-state index contributed by atoms with van der Waals surface area (Å²) >= 11 is 0. The largest absolute Gasteiger partial charge is 0.355 e. The van der Waals surface area contributed by atoms with E-state index >= 15 is 0 Å². The normalized spacial score (nSPS) is 21.7. The van der Waals surface area contributed by atoms with Gasteiger partial charge in [-0.3, -0.25) is 4.79 Å². The molecule has 0 aliphatic carbocycles. The van der Waals surface area contributed by atoms with Crippen LogP contribution in [0.1, 0.15) is 38.5 Å². The molecule has 6 nitrogen and oxygen atoms in total. The lowest BCUT2D eigenvalue weighted by atomic mass is 9.94. The molecule has 1 N–H and O–H groups in total. The Bertz CT molecular complexity index is 766. The van der Waals surface area contributed by atoms with Gasteiger partial charge in [0.15, 0.2) is 0 Å². The smallest absolute Gasteiger partial charge is 0.245 e. The number of hydrogen-bond donors (Lipinski definition) is 1. The highest BCUT2D eigenvalue weighted by Gasteiger charge is 2.32. The highest BCUT2D eigenvalue weighted by molar-refractivity contribution is 7.89. The molecule has 1 atom stereocenters. The Hall–Kier alpha value is -1.51. The van der Waals surface area contributed by atoms with E-state index in [1.165, 1.54) is 41.4 Å². The number of nitrogens with zero attached hydrogens (tertiary/aromatic N) is 2. The summed E-state index contributed by atoms with van der Waals surface area (Å²) in [6.45, 7) is 4.53. The molecule has 156 valence electrons. The summed E-state index contributed by atoms with van der Waals surface area (Å²) in [4.78, 5) is 14.2. The van der Waals surface area contributed by atoms with Gasteiger partial charge < -0.3 is 10.2 Å². The Morgan fingerprint density at radius 2 is 1.89 bits per heavy atom. The molecule has 3 rings (SSSR count). The fraction of sp³-hybridized carbons (Fsp3) is 0.650. The van der Waals surface area contributed by atoms with Gasteiger partial charge in [-0.15, -0.1) is 0 Å². The highest BCUT2D eigenvalue weighted by Crippen LogP contribution is 2.27. The molecule has 1 aromatic carbocycles. The van der Waals surface area contributed by atoms with E-state index in [-0.39, 0.29) is 16.7 Å². The zero-order valence-electron chi connectivity index (χ0n) is 16.3. The molecule has 0 spiro atoms. The van der Waals surface area contributed by atoms with E-state index in [1.54, 1.807) is 0 Å². The molecular formula is C20H30FN3O3S. The second-order valence-corrected chi connectivity index (χ2v) is 9.65. The number of carbonyl (C=O) groups excluding carboxylic acids is 1. The van der Waals surface area contributed by atoms with Crippen molar-refractivity contribution < 1.29 is 17.6 Å². The van der Waals surface area contributed by atoms with Crippen molar-refractivity contribution >= 4 is 15.9 Å². The molecule has 2 aliphatic rings. The lowest BCUT2D eigenvalue weighted by molar-refractivity contribution is -0.121. The molecule has 8 heteroatoms. The molecule has 2 saturated heterocycles. The standard InChI is InChI=1S/C20H30FN3O3S/c21-18-7-1-2-8-19(18)28(26,27)24-14-5-6-17(16-24)9-10-20(25)22-11-15-23-12-3-4-13-23/h1-2,7-8,17H,3-6,9-16H2,(H,22,25). The van der Waals surface area contributed by atoms with Crippen LogP contribution >= 0.6 is 0 Å². The number of hydrogen-bond acceptors (Lipinski definition) is 4. The van der Waals surface area contributed by atoms with E-state index in [4.69, 9.17) is 0 Å². The second-order valence-electron chi connectivity index (χ2n) is 7.74. The molecule has 28 heavy (non-hydrogen) atoms. The monoisotopic (exact) mass is 411 g/mol. The molecule has 2 fully saturated rings. The van der Waals surface area contributed by atoms with Gasteiger partial charge in [0.05, 0.1) is 0 Å². The molecule has 0 bridgehead atoms. The Morgan fingerprint density at radius 3 is 2.64 bits per heavy atom. The molecule has 2 heterocycles. The quantitative estimate of drug-likeness (QED) is 0.712. The summed E-state index contributed by atoms with van der Waals surface area (Å²) < 4.78 is 40.8. The van der Waals surface area contributed by atoms with Crippen LogP contribution in [-0.4, -0.2) is 62.8 Å². The van der Waals surface area contributed by atoms with Gasteiger partial charge >= 0.3 is 0 Å². The molecule has 0 aromatic heterocycles. The first-order valence-electron chi connectivity index (χ1n) is 10.2. The van der Waals surface area contributed by atoms with Crippen molar-refractivity contribution in [3.8, 4) is 0 Å². The molecule has 1 amide bonds. The first kappa shape index (κ1) is 21.2. The van der Waals surface area contributed by atoms with Gasteiger partial charge in [0.2, 0.25) is 15.9 Å². The van der Waals surface area contributed by atoms with Crippen LogP contribution in [0.3, 0.4) is 0 Å². The van der Waals surface area contributed by atoms with Crippen molar-refractivity contribution in [3.05, 3.63) is 30.1 Å². The molecule has 1 unspecified atom stereocenters. The van der Waals surface area contributed by atoms with Crippen molar-refractivity contribution in [1.29, 1.82) is 0 Å².